The molecule has 2 aromatic carbocycles. The summed E-state index contributed by atoms with van der Waals surface area (Å²) in [6.07, 6.45) is 0. The number of anilines is 1. The van der Waals surface area contributed by atoms with Crippen molar-refractivity contribution < 1.29 is 9.53 Å². The molecule has 0 atom stereocenters. The molecule has 2 N–H and O–H groups in total. The molecule has 2 aromatic heterocycles. The maximum Gasteiger partial charge on any atom is 0.319 e. The molecule has 31 heavy (non-hydrogen) atoms. The Morgan fingerprint density at radius 3 is 2.58 bits per heavy atom. The van der Waals surface area contributed by atoms with E-state index in [9.17, 15) is 9.59 Å². The molecule has 158 valence electrons. The van der Waals surface area contributed by atoms with Crippen LogP contribution < -0.4 is 20.9 Å². The number of aryl methyl sites for hydroxylation is 1. The average Bonchev–Trinajstić information content (AvgIpc) is 3.19. The molecule has 0 aliphatic heterocycles. The van der Waals surface area contributed by atoms with Crippen LogP contribution in [0.1, 0.15) is 18.2 Å². The third-order valence-corrected chi connectivity index (χ3v) is 5.41. The first-order chi connectivity index (χ1) is 15.0. The number of ether oxygens (including phenoxy) is 1. The average molecular weight is 436 g/mol. The van der Waals surface area contributed by atoms with Gasteiger partial charge >= 0.3 is 6.03 Å². The number of hydrogen-bond acceptors (Lipinski definition) is 6. The predicted octanol–water partition coefficient (Wildman–Crippen LogP) is 3.85. The number of nitrogens with zero attached hydrogens (tertiary/aromatic N) is 3. The lowest BCUT2D eigenvalue weighted by atomic mass is 10.2. The van der Waals surface area contributed by atoms with Crippen LogP contribution in [-0.4, -0.2) is 27.2 Å². The minimum atomic E-state index is -0.393. The zero-order valence-corrected chi connectivity index (χ0v) is 17.9. The van der Waals surface area contributed by atoms with Crippen LogP contribution in [0.15, 0.2) is 59.4 Å². The molecule has 8 nitrogen and oxygen atoms in total. The quantitative estimate of drug-likeness (QED) is 0.479. The van der Waals surface area contributed by atoms with Crippen LogP contribution in [0.4, 0.5) is 10.5 Å². The Morgan fingerprint density at radius 1 is 1.13 bits per heavy atom. The molecule has 2 amide bonds. The Bertz CT molecular complexity index is 1260. The number of amides is 2. The molecule has 0 radical (unpaired) electrons. The summed E-state index contributed by atoms with van der Waals surface area (Å²) in [7, 11) is 0. The lowest BCUT2D eigenvalue weighted by Gasteiger charge is -2.08. The first kappa shape index (κ1) is 20.5. The molecule has 4 rings (SSSR count). The third kappa shape index (κ3) is 4.89. The monoisotopic (exact) mass is 435 g/mol. The van der Waals surface area contributed by atoms with E-state index in [2.05, 4.69) is 20.7 Å². The van der Waals surface area contributed by atoms with Gasteiger partial charge in [0.2, 0.25) is 4.96 Å². The number of aromatic nitrogens is 3. The van der Waals surface area contributed by atoms with E-state index in [0.29, 0.717) is 28.0 Å². The predicted molar refractivity (Wildman–Crippen MR) is 121 cm³/mol. The van der Waals surface area contributed by atoms with Crippen LogP contribution in [0.5, 0.6) is 5.75 Å². The van der Waals surface area contributed by atoms with E-state index in [1.54, 1.807) is 24.3 Å². The first-order valence-corrected chi connectivity index (χ1v) is 10.6. The van der Waals surface area contributed by atoms with Crippen molar-refractivity contribution in [1.29, 1.82) is 0 Å². The van der Waals surface area contributed by atoms with Gasteiger partial charge in [0, 0.05) is 17.3 Å². The normalized spacial score (nSPS) is 10.8. The van der Waals surface area contributed by atoms with Crippen molar-refractivity contribution in [2.75, 3.05) is 11.9 Å². The molecular formula is C22H21N5O3S. The highest BCUT2D eigenvalue weighted by Gasteiger charge is 2.11. The smallest absolute Gasteiger partial charge is 0.319 e. The van der Waals surface area contributed by atoms with E-state index in [1.807, 2.05) is 38.1 Å². The van der Waals surface area contributed by atoms with Crippen LogP contribution in [0.25, 0.3) is 15.5 Å². The van der Waals surface area contributed by atoms with Gasteiger partial charge < -0.3 is 15.4 Å². The summed E-state index contributed by atoms with van der Waals surface area (Å²) in [4.78, 5) is 29.6. The van der Waals surface area contributed by atoms with E-state index in [1.165, 1.54) is 21.9 Å². The van der Waals surface area contributed by atoms with E-state index in [0.717, 1.165) is 16.9 Å². The van der Waals surface area contributed by atoms with E-state index in [4.69, 9.17) is 4.74 Å². The fourth-order valence-corrected chi connectivity index (χ4v) is 3.84. The van der Waals surface area contributed by atoms with Crippen molar-refractivity contribution in [3.05, 3.63) is 76.2 Å². The van der Waals surface area contributed by atoms with Crippen molar-refractivity contribution in [3.8, 4) is 16.3 Å². The molecular weight excluding hydrogens is 414 g/mol. The number of hydrogen-bond donors (Lipinski definition) is 2. The first-order valence-electron chi connectivity index (χ1n) is 9.76. The van der Waals surface area contributed by atoms with Crippen molar-refractivity contribution in [2.45, 2.75) is 20.4 Å². The van der Waals surface area contributed by atoms with E-state index >= 15 is 0 Å². The summed E-state index contributed by atoms with van der Waals surface area (Å²) in [6.45, 7) is 4.62. The largest absolute Gasteiger partial charge is 0.494 e. The second-order valence-electron chi connectivity index (χ2n) is 6.82. The molecule has 0 fully saturated rings. The van der Waals surface area contributed by atoms with E-state index < -0.39 is 6.03 Å². The van der Waals surface area contributed by atoms with Crippen LogP contribution >= 0.6 is 11.3 Å². The molecule has 0 spiro atoms. The molecule has 0 saturated carbocycles. The Morgan fingerprint density at radius 2 is 1.87 bits per heavy atom. The Balaban J connectivity index is 1.44. The summed E-state index contributed by atoms with van der Waals surface area (Å²) in [5.74, 6) is 0.737. The molecule has 4 aromatic rings. The van der Waals surface area contributed by atoms with Gasteiger partial charge in [-0.15, -0.1) is 0 Å². The number of fused-ring (bicyclic) bond motifs is 1. The maximum atomic E-state index is 12.4. The Kier molecular flexibility index (Phi) is 5.94. The Hall–Kier alpha value is -3.72. The summed E-state index contributed by atoms with van der Waals surface area (Å²) in [5, 5.41) is 10.5. The molecule has 9 heteroatoms. The highest BCUT2D eigenvalue weighted by Crippen LogP contribution is 2.24. The van der Waals surface area contributed by atoms with Gasteiger partial charge in [-0.25, -0.2) is 9.78 Å². The summed E-state index contributed by atoms with van der Waals surface area (Å²) in [6, 6.07) is 16.0. The lowest BCUT2D eigenvalue weighted by molar-refractivity contribution is 0.251. The van der Waals surface area contributed by atoms with Gasteiger partial charge in [0.1, 0.15) is 10.8 Å². The molecule has 0 aliphatic rings. The summed E-state index contributed by atoms with van der Waals surface area (Å²) in [5.41, 5.74) is 2.89. The number of rotatable bonds is 6. The highest BCUT2D eigenvalue weighted by atomic mass is 32.1. The number of benzene rings is 2. The second-order valence-corrected chi connectivity index (χ2v) is 7.77. The Labute approximate surface area is 182 Å². The summed E-state index contributed by atoms with van der Waals surface area (Å²) < 4.78 is 6.66. The van der Waals surface area contributed by atoms with Crippen LogP contribution in [0.2, 0.25) is 0 Å². The van der Waals surface area contributed by atoms with Gasteiger partial charge in [0.05, 0.1) is 18.8 Å². The van der Waals surface area contributed by atoms with E-state index in [-0.39, 0.29) is 12.1 Å². The molecule has 0 aliphatic carbocycles. The van der Waals surface area contributed by atoms with Crippen LogP contribution in [-0.2, 0) is 6.54 Å². The number of nitrogens with one attached hydrogen (secondary N) is 2. The molecule has 0 bridgehead atoms. The molecule has 0 saturated heterocycles. The topological polar surface area (TPSA) is 97.6 Å². The molecule has 0 unspecified atom stereocenters. The lowest BCUT2D eigenvalue weighted by Crippen LogP contribution is -2.29. The minimum absolute atomic E-state index is 0.117. The summed E-state index contributed by atoms with van der Waals surface area (Å²) >= 11 is 1.33. The fourth-order valence-electron chi connectivity index (χ4n) is 2.91. The third-order valence-electron chi connectivity index (χ3n) is 4.45. The van der Waals surface area contributed by atoms with Gasteiger partial charge in [-0.05, 0) is 38.1 Å². The van der Waals surface area contributed by atoms with Crippen molar-refractivity contribution in [3.63, 3.8) is 0 Å². The standard InChI is InChI=1S/C22H21N5O3S/c1-3-30-18-10-8-16(9-11-18)24-21(29)23-13-17-12-19(28)27-22(25-17)31-20(26-27)15-6-4-14(2)5-7-15/h4-12H,3,13H2,1-2H3,(H2,23,24,29). The molecule has 2 heterocycles. The van der Waals surface area contributed by atoms with Gasteiger partial charge in [0.25, 0.3) is 5.56 Å². The highest BCUT2D eigenvalue weighted by molar-refractivity contribution is 7.19. The van der Waals surface area contributed by atoms with Crippen molar-refractivity contribution >= 4 is 28.0 Å². The number of urea groups is 1. The zero-order valence-electron chi connectivity index (χ0n) is 17.1. The fraction of sp³-hybridized carbons (Fsp3) is 0.182. The van der Waals surface area contributed by atoms with Crippen molar-refractivity contribution in [2.24, 2.45) is 0 Å². The minimum Gasteiger partial charge on any atom is -0.494 e. The van der Waals surface area contributed by atoms with Gasteiger partial charge in [-0.1, -0.05) is 41.2 Å². The van der Waals surface area contributed by atoms with Crippen LogP contribution in [0.3, 0.4) is 0 Å². The second kappa shape index (κ2) is 8.97. The van der Waals surface area contributed by atoms with Crippen LogP contribution in [0, 0.1) is 6.92 Å². The van der Waals surface area contributed by atoms with Gasteiger partial charge in [-0.2, -0.15) is 9.61 Å². The number of carbonyl (C=O) groups excluding carboxylic acids is 1. The zero-order chi connectivity index (χ0) is 21.8. The van der Waals surface area contributed by atoms with Gasteiger partial charge in [0.15, 0.2) is 0 Å². The van der Waals surface area contributed by atoms with Gasteiger partial charge in [-0.3, -0.25) is 4.79 Å². The maximum absolute atomic E-state index is 12.4. The SMILES string of the molecule is CCOc1ccc(NC(=O)NCc2cc(=O)n3nc(-c4ccc(C)cc4)sc3n2)cc1. The number of carbonyl (C=O) groups is 1. The van der Waals surface area contributed by atoms with Crippen molar-refractivity contribution in [1.82, 2.24) is 19.9 Å².